The highest BCUT2D eigenvalue weighted by atomic mass is 32.2. The number of aromatic nitrogens is 2. The van der Waals surface area contributed by atoms with Crippen molar-refractivity contribution in [1.82, 2.24) is 9.55 Å². The molecule has 1 unspecified atom stereocenters. The number of carbonyl (C=O) groups excluding carboxylic acids is 2. The number of rotatable bonds is 6. The lowest BCUT2D eigenvalue weighted by Gasteiger charge is -2.22. The lowest BCUT2D eigenvalue weighted by molar-refractivity contribution is -0.118. The number of nitrogens with one attached hydrogen (secondary N) is 1. The van der Waals surface area contributed by atoms with E-state index in [0.717, 1.165) is 11.8 Å². The molecule has 11 nitrogen and oxygen atoms in total. The third-order valence-corrected chi connectivity index (χ3v) is 7.11. The van der Waals surface area contributed by atoms with Gasteiger partial charge in [-0.25, -0.2) is 18.6 Å². The molecule has 196 valence electrons. The first-order chi connectivity index (χ1) is 16.9. The van der Waals surface area contributed by atoms with Crippen LogP contribution in [-0.4, -0.2) is 71.0 Å². The fraction of sp³-hybridized carbons (Fsp3) is 0.429. The van der Waals surface area contributed by atoms with Crippen molar-refractivity contribution in [3.05, 3.63) is 29.4 Å². The van der Waals surface area contributed by atoms with E-state index in [1.54, 1.807) is 37.3 Å². The van der Waals surface area contributed by atoms with E-state index >= 15 is 0 Å². The number of halogens is 2. The van der Waals surface area contributed by atoms with Gasteiger partial charge in [-0.3, -0.25) is 9.35 Å². The molecule has 15 heteroatoms. The molecule has 1 aromatic carbocycles. The van der Waals surface area contributed by atoms with Crippen LogP contribution in [0.2, 0.25) is 0 Å². The maximum absolute atomic E-state index is 13.5. The van der Waals surface area contributed by atoms with Gasteiger partial charge in [-0.1, -0.05) is 11.8 Å². The second kappa shape index (κ2) is 11.3. The molecule has 0 aliphatic carbocycles. The fourth-order valence-electron chi connectivity index (χ4n) is 3.39. The molecule has 0 bridgehead atoms. The van der Waals surface area contributed by atoms with Crippen LogP contribution in [0.15, 0.2) is 29.4 Å². The van der Waals surface area contributed by atoms with Crippen molar-refractivity contribution in [2.75, 3.05) is 28.3 Å². The maximum atomic E-state index is 13.5. The van der Waals surface area contributed by atoms with E-state index in [-0.39, 0.29) is 22.4 Å². The van der Waals surface area contributed by atoms with Crippen LogP contribution < -0.4 is 20.7 Å². The van der Waals surface area contributed by atoms with Gasteiger partial charge in [0.2, 0.25) is 5.91 Å². The first kappa shape index (κ1) is 27.5. The molecule has 0 spiro atoms. The first-order valence-electron chi connectivity index (χ1n) is 10.8. The third kappa shape index (κ3) is 6.35. The summed E-state index contributed by atoms with van der Waals surface area (Å²) in [5, 5.41) is 3.10. The van der Waals surface area contributed by atoms with Gasteiger partial charge in [0.1, 0.15) is 30.3 Å². The van der Waals surface area contributed by atoms with E-state index in [4.69, 9.17) is 15.0 Å². The van der Waals surface area contributed by atoms with E-state index in [2.05, 4.69) is 10.3 Å². The number of thioether (sulfide) groups is 1. The van der Waals surface area contributed by atoms with Crippen molar-refractivity contribution in [3.63, 3.8) is 0 Å². The lowest BCUT2D eigenvalue weighted by Crippen LogP contribution is -2.36. The molecule has 2 atom stereocenters. The molecule has 0 saturated carbocycles. The molecule has 1 aromatic heterocycles. The van der Waals surface area contributed by atoms with Gasteiger partial charge in [-0.2, -0.15) is 8.42 Å². The quantitative estimate of drug-likeness (QED) is 0.362. The molecule has 2 aliphatic rings. The van der Waals surface area contributed by atoms with Crippen molar-refractivity contribution < 1.29 is 36.1 Å². The Balaban J connectivity index is 0.000000538. The Labute approximate surface area is 210 Å². The van der Waals surface area contributed by atoms with Gasteiger partial charge in [-0.15, -0.1) is 0 Å². The van der Waals surface area contributed by atoms with Gasteiger partial charge in [0, 0.05) is 23.7 Å². The minimum atomic E-state index is -3.66. The van der Waals surface area contributed by atoms with E-state index in [0.29, 0.717) is 36.0 Å². The fourth-order valence-corrected chi connectivity index (χ4v) is 4.44. The number of primary amides is 1. The minimum absolute atomic E-state index is 0.0945. The van der Waals surface area contributed by atoms with Crippen LogP contribution in [0.4, 0.5) is 20.3 Å². The Morgan fingerprint density at radius 2 is 2.14 bits per heavy atom. The Bertz CT molecular complexity index is 1280. The van der Waals surface area contributed by atoms with E-state index in [9.17, 15) is 26.8 Å². The highest BCUT2D eigenvalue weighted by Crippen LogP contribution is 2.40. The molecule has 1 saturated heterocycles. The lowest BCUT2D eigenvalue weighted by atomic mass is 10.1. The predicted octanol–water partition coefficient (Wildman–Crippen LogP) is 1.98. The van der Waals surface area contributed by atoms with Crippen LogP contribution in [0.1, 0.15) is 13.8 Å². The summed E-state index contributed by atoms with van der Waals surface area (Å²) in [6.45, 7) is 3.82. The van der Waals surface area contributed by atoms with Crippen molar-refractivity contribution in [3.8, 4) is 17.1 Å². The van der Waals surface area contributed by atoms with E-state index < -0.39 is 34.5 Å². The predicted molar refractivity (Wildman–Crippen MR) is 131 cm³/mol. The standard InChI is InChI=1S/C19H19F2N5O3S.C2H6O3S/c1-10(18(22)28)23-11-2-3-12-14(6-11)29-5-4-25-7-15(24-19(12)25)26-13(17(20)21)9-30-16(26)8-27;1-2-6(3,4)5/h2-3,6-7,10,13,17,23H,4-5,9H2,1H3,(H2,22,28);2H2,1H3,(H,3,4,5)/t10?,13-;/m0./s1. The summed E-state index contributed by atoms with van der Waals surface area (Å²) in [5.41, 5.74) is 6.62. The zero-order chi connectivity index (χ0) is 26.6. The summed E-state index contributed by atoms with van der Waals surface area (Å²) in [6.07, 6.45) is -0.977. The van der Waals surface area contributed by atoms with Crippen molar-refractivity contribution in [2.45, 2.75) is 38.9 Å². The van der Waals surface area contributed by atoms with Gasteiger partial charge < -0.3 is 25.3 Å². The average molecular weight is 546 g/mol. The number of amides is 1. The van der Waals surface area contributed by atoms with Crippen molar-refractivity contribution >= 4 is 45.2 Å². The summed E-state index contributed by atoms with van der Waals surface area (Å²) in [6, 6.07) is 3.58. The van der Waals surface area contributed by atoms with Crippen LogP contribution in [0, 0.1) is 0 Å². The molecular formula is C21H25F2N5O6S2. The van der Waals surface area contributed by atoms with Crippen LogP contribution in [0.3, 0.4) is 0 Å². The minimum Gasteiger partial charge on any atom is -0.491 e. The Morgan fingerprint density at radius 1 is 1.44 bits per heavy atom. The first-order valence-corrected chi connectivity index (χ1v) is 13.3. The van der Waals surface area contributed by atoms with Crippen LogP contribution >= 0.6 is 11.8 Å². The van der Waals surface area contributed by atoms with Crippen LogP contribution in [-0.2, 0) is 26.3 Å². The SMILES string of the molecule is CC(Nc1ccc2c(c1)OCCn1cc(N3C(=C=O)SC[C@H]3C(F)F)nc1-2)C(N)=O.CCS(=O)(=O)O. The van der Waals surface area contributed by atoms with Crippen LogP contribution in [0.5, 0.6) is 5.75 Å². The number of nitrogens with two attached hydrogens (primary N) is 1. The van der Waals surface area contributed by atoms with Gasteiger partial charge in [0.15, 0.2) is 16.8 Å². The molecule has 36 heavy (non-hydrogen) atoms. The van der Waals surface area contributed by atoms with Gasteiger partial charge in [-0.05, 0) is 26.0 Å². The largest absolute Gasteiger partial charge is 0.491 e. The molecule has 1 amide bonds. The topological polar surface area (TPSA) is 157 Å². The molecule has 3 heterocycles. The molecule has 0 radical (unpaired) electrons. The highest BCUT2D eigenvalue weighted by Gasteiger charge is 2.39. The molecular weight excluding hydrogens is 520 g/mol. The summed E-state index contributed by atoms with van der Waals surface area (Å²) >= 11 is 1.05. The summed E-state index contributed by atoms with van der Waals surface area (Å²) < 4.78 is 61.5. The number of fused-ring (bicyclic) bond motifs is 3. The Morgan fingerprint density at radius 3 is 2.72 bits per heavy atom. The van der Waals surface area contributed by atoms with Gasteiger partial charge >= 0.3 is 0 Å². The smallest absolute Gasteiger partial charge is 0.264 e. The van der Waals surface area contributed by atoms with Crippen molar-refractivity contribution in [1.29, 1.82) is 0 Å². The highest BCUT2D eigenvalue weighted by molar-refractivity contribution is 8.03. The molecule has 2 aliphatic heterocycles. The number of anilines is 2. The second-order valence-corrected chi connectivity index (χ2v) is 10.6. The number of hydrogen-bond acceptors (Lipinski definition) is 9. The van der Waals surface area contributed by atoms with Crippen molar-refractivity contribution in [2.24, 2.45) is 5.73 Å². The summed E-state index contributed by atoms with van der Waals surface area (Å²) in [7, 11) is -3.66. The molecule has 4 rings (SSSR count). The maximum Gasteiger partial charge on any atom is 0.264 e. The number of nitrogens with zero attached hydrogens (tertiary/aromatic N) is 3. The zero-order valence-corrected chi connectivity index (χ0v) is 21.0. The number of benzene rings is 1. The molecule has 2 aromatic rings. The van der Waals surface area contributed by atoms with E-state index in [1.165, 1.54) is 11.8 Å². The monoisotopic (exact) mass is 545 g/mol. The zero-order valence-electron chi connectivity index (χ0n) is 19.3. The number of hydrogen-bond donors (Lipinski definition) is 3. The number of imidazole rings is 1. The number of carbonyl (C=O) groups is 1. The number of ether oxygens (including phenoxy) is 1. The third-order valence-electron chi connectivity index (χ3n) is 5.32. The summed E-state index contributed by atoms with van der Waals surface area (Å²) in [5.74, 6) is 2.51. The second-order valence-electron chi connectivity index (χ2n) is 7.80. The number of alkyl halides is 2. The molecule has 1 fully saturated rings. The summed E-state index contributed by atoms with van der Waals surface area (Å²) in [4.78, 5) is 28.4. The van der Waals surface area contributed by atoms with E-state index in [1.807, 2.05) is 4.57 Å². The Hall–Kier alpha value is -3.13. The normalized spacial score (nSPS) is 17.7. The Kier molecular flexibility index (Phi) is 8.61. The molecule has 4 N–H and O–H groups in total. The average Bonchev–Trinajstić information content (AvgIpc) is 3.39. The van der Waals surface area contributed by atoms with Crippen LogP contribution in [0.25, 0.3) is 11.4 Å². The van der Waals surface area contributed by atoms with Gasteiger partial charge in [0.25, 0.3) is 16.5 Å². The van der Waals surface area contributed by atoms with Gasteiger partial charge in [0.05, 0.1) is 17.9 Å².